The molecule has 0 unspecified atom stereocenters. The molecule has 0 bridgehead atoms. The van der Waals surface area contributed by atoms with Crippen LogP contribution in [-0.4, -0.2) is 33.2 Å². The normalized spacial score (nSPS) is 10.3. The smallest absolute Gasteiger partial charge is 0.358 e. The van der Waals surface area contributed by atoms with Gasteiger partial charge >= 0.3 is 5.97 Å². The minimum absolute atomic E-state index is 0.107. The first-order valence-corrected chi connectivity index (χ1v) is 5.06. The number of hydrogen-bond acceptors (Lipinski definition) is 4. The first-order valence-electron chi connectivity index (χ1n) is 5.06. The molecule has 2 aromatic rings. The monoisotopic (exact) mass is 251 g/mol. The molecule has 0 aliphatic rings. The van der Waals surface area contributed by atoms with Crippen LogP contribution < -0.4 is 4.74 Å². The number of aromatic nitrogens is 3. The lowest BCUT2D eigenvalue weighted by molar-refractivity contribution is 0.0690. The van der Waals surface area contributed by atoms with Gasteiger partial charge in [0.2, 0.25) is 0 Å². The molecule has 1 aromatic heterocycles. The molecule has 0 saturated heterocycles. The van der Waals surface area contributed by atoms with Crippen molar-refractivity contribution in [3.05, 3.63) is 41.5 Å². The Morgan fingerprint density at radius 3 is 2.89 bits per heavy atom. The summed E-state index contributed by atoms with van der Waals surface area (Å²) in [4.78, 5) is 10.6. The Morgan fingerprint density at radius 2 is 2.33 bits per heavy atom. The van der Waals surface area contributed by atoms with Crippen LogP contribution >= 0.6 is 0 Å². The second-order valence-corrected chi connectivity index (χ2v) is 3.56. The molecule has 0 atom stereocenters. The minimum atomic E-state index is -1.17. The maximum atomic E-state index is 13.6. The number of carbonyl (C=O) groups is 1. The van der Waals surface area contributed by atoms with Gasteiger partial charge in [0.25, 0.3) is 0 Å². The molecule has 7 heteroatoms. The first-order chi connectivity index (χ1) is 8.60. The topological polar surface area (TPSA) is 77.2 Å². The first kappa shape index (κ1) is 12.0. The lowest BCUT2D eigenvalue weighted by Crippen LogP contribution is -2.03. The predicted octanol–water partition coefficient (Wildman–Crippen LogP) is 1.17. The van der Waals surface area contributed by atoms with Crippen molar-refractivity contribution in [2.45, 2.75) is 6.54 Å². The zero-order valence-electron chi connectivity index (χ0n) is 9.50. The zero-order valence-corrected chi connectivity index (χ0v) is 9.50. The Bertz CT molecular complexity index is 583. The maximum absolute atomic E-state index is 13.6. The lowest BCUT2D eigenvalue weighted by atomic mass is 10.2. The Hall–Kier alpha value is -2.44. The third-order valence-corrected chi connectivity index (χ3v) is 2.35. The van der Waals surface area contributed by atoms with E-state index in [1.165, 1.54) is 24.1 Å². The number of rotatable bonds is 4. The fourth-order valence-electron chi connectivity index (χ4n) is 1.43. The molecule has 0 saturated carbocycles. The van der Waals surface area contributed by atoms with Gasteiger partial charge in [0.05, 0.1) is 19.9 Å². The van der Waals surface area contributed by atoms with E-state index in [0.717, 1.165) is 0 Å². The molecule has 0 aliphatic heterocycles. The van der Waals surface area contributed by atoms with Crippen molar-refractivity contribution in [3.63, 3.8) is 0 Å². The van der Waals surface area contributed by atoms with Gasteiger partial charge in [0.15, 0.2) is 5.69 Å². The lowest BCUT2D eigenvalue weighted by Gasteiger charge is -2.05. The van der Waals surface area contributed by atoms with Crippen molar-refractivity contribution in [1.29, 1.82) is 0 Å². The predicted molar refractivity (Wildman–Crippen MR) is 59.0 cm³/mol. The molecule has 1 aromatic carbocycles. The highest BCUT2D eigenvalue weighted by Gasteiger charge is 2.10. The summed E-state index contributed by atoms with van der Waals surface area (Å²) in [5.74, 6) is -1.20. The van der Waals surface area contributed by atoms with Crippen molar-refractivity contribution in [2.24, 2.45) is 0 Å². The summed E-state index contributed by atoms with van der Waals surface area (Å²) in [6.07, 6.45) is 1.24. The molecule has 0 aliphatic carbocycles. The van der Waals surface area contributed by atoms with Gasteiger partial charge in [-0.25, -0.2) is 13.9 Å². The molecular formula is C11H10FN3O3. The quantitative estimate of drug-likeness (QED) is 0.882. The maximum Gasteiger partial charge on any atom is 0.358 e. The van der Waals surface area contributed by atoms with Crippen LogP contribution in [0.1, 0.15) is 16.1 Å². The van der Waals surface area contributed by atoms with Crippen LogP contribution in [0.25, 0.3) is 0 Å². The van der Waals surface area contributed by atoms with Gasteiger partial charge in [-0.3, -0.25) is 0 Å². The van der Waals surface area contributed by atoms with Crippen molar-refractivity contribution < 1.29 is 19.0 Å². The Kier molecular flexibility index (Phi) is 3.22. The van der Waals surface area contributed by atoms with E-state index >= 15 is 0 Å². The van der Waals surface area contributed by atoms with E-state index in [4.69, 9.17) is 9.84 Å². The summed E-state index contributed by atoms with van der Waals surface area (Å²) >= 11 is 0. The van der Waals surface area contributed by atoms with Crippen LogP contribution in [-0.2, 0) is 6.54 Å². The number of ether oxygens (including phenoxy) is 1. The highest BCUT2D eigenvalue weighted by molar-refractivity contribution is 5.84. The minimum Gasteiger partial charge on any atom is -0.497 e. The average Bonchev–Trinajstić information content (AvgIpc) is 2.80. The third-order valence-electron chi connectivity index (χ3n) is 2.35. The number of halogens is 1. The molecule has 0 spiro atoms. The van der Waals surface area contributed by atoms with Gasteiger partial charge in [-0.05, 0) is 6.07 Å². The van der Waals surface area contributed by atoms with E-state index in [1.54, 1.807) is 12.1 Å². The second kappa shape index (κ2) is 4.82. The van der Waals surface area contributed by atoms with Gasteiger partial charge in [-0.2, -0.15) is 0 Å². The van der Waals surface area contributed by atoms with Gasteiger partial charge in [0.1, 0.15) is 11.6 Å². The van der Waals surface area contributed by atoms with E-state index in [1.807, 2.05) is 0 Å². The highest BCUT2D eigenvalue weighted by atomic mass is 19.1. The molecule has 2 rings (SSSR count). The highest BCUT2D eigenvalue weighted by Crippen LogP contribution is 2.16. The number of carboxylic acid groups (broad SMARTS) is 1. The van der Waals surface area contributed by atoms with E-state index < -0.39 is 11.8 Å². The fraction of sp³-hybridized carbons (Fsp3) is 0.182. The van der Waals surface area contributed by atoms with E-state index in [9.17, 15) is 9.18 Å². The number of carboxylic acids is 1. The number of methoxy groups -OCH3 is 1. The molecule has 0 radical (unpaired) electrons. The largest absolute Gasteiger partial charge is 0.497 e. The molecule has 1 heterocycles. The summed E-state index contributed by atoms with van der Waals surface area (Å²) in [6.45, 7) is 0.107. The van der Waals surface area contributed by atoms with Gasteiger partial charge in [-0.1, -0.05) is 11.3 Å². The number of benzene rings is 1. The van der Waals surface area contributed by atoms with E-state index in [0.29, 0.717) is 11.3 Å². The van der Waals surface area contributed by atoms with Crippen LogP contribution in [0.3, 0.4) is 0 Å². The van der Waals surface area contributed by atoms with Crippen LogP contribution in [0, 0.1) is 5.82 Å². The molecule has 1 N–H and O–H groups in total. The molecule has 18 heavy (non-hydrogen) atoms. The Balaban J connectivity index is 2.20. The summed E-state index contributed by atoms with van der Waals surface area (Å²) in [5, 5.41) is 15.7. The standard InChI is InChI=1S/C11H10FN3O3/c1-18-8-3-2-7(9(12)4-8)5-15-6-10(11(16)17)13-14-15/h2-4,6H,5H2,1H3,(H,16,17). The van der Waals surface area contributed by atoms with Crippen LogP contribution in [0.4, 0.5) is 4.39 Å². The molecular weight excluding hydrogens is 241 g/mol. The van der Waals surface area contributed by atoms with E-state index in [2.05, 4.69) is 10.3 Å². The van der Waals surface area contributed by atoms with Gasteiger partial charge < -0.3 is 9.84 Å². The van der Waals surface area contributed by atoms with Crippen molar-refractivity contribution in [2.75, 3.05) is 7.11 Å². The van der Waals surface area contributed by atoms with Crippen molar-refractivity contribution in [1.82, 2.24) is 15.0 Å². The van der Waals surface area contributed by atoms with Gasteiger partial charge in [-0.15, -0.1) is 5.10 Å². The van der Waals surface area contributed by atoms with Crippen LogP contribution in [0.5, 0.6) is 5.75 Å². The molecule has 0 fully saturated rings. The summed E-state index contributed by atoms with van der Waals surface area (Å²) < 4.78 is 19.8. The molecule has 94 valence electrons. The summed E-state index contributed by atoms with van der Waals surface area (Å²) in [6, 6.07) is 4.42. The third kappa shape index (κ3) is 2.45. The summed E-state index contributed by atoms with van der Waals surface area (Å²) in [5.41, 5.74) is 0.196. The number of nitrogens with zero attached hydrogens (tertiary/aromatic N) is 3. The summed E-state index contributed by atoms with van der Waals surface area (Å²) in [7, 11) is 1.45. The Labute approximate surface area is 102 Å². The number of hydrogen-bond donors (Lipinski definition) is 1. The van der Waals surface area contributed by atoms with Crippen LogP contribution in [0.2, 0.25) is 0 Å². The van der Waals surface area contributed by atoms with Crippen molar-refractivity contribution >= 4 is 5.97 Å². The van der Waals surface area contributed by atoms with Gasteiger partial charge in [0, 0.05) is 11.6 Å². The number of aromatic carboxylic acids is 1. The molecule has 0 amide bonds. The van der Waals surface area contributed by atoms with Crippen LogP contribution in [0.15, 0.2) is 24.4 Å². The SMILES string of the molecule is COc1ccc(Cn2cc(C(=O)O)nn2)c(F)c1. The van der Waals surface area contributed by atoms with E-state index in [-0.39, 0.29) is 12.2 Å². The average molecular weight is 251 g/mol. The fourth-order valence-corrected chi connectivity index (χ4v) is 1.43. The Morgan fingerprint density at radius 1 is 1.56 bits per heavy atom. The van der Waals surface area contributed by atoms with Crippen molar-refractivity contribution in [3.8, 4) is 5.75 Å². The second-order valence-electron chi connectivity index (χ2n) is 3.56. The zero-order chi connectivity index (χ0) is 13.1. The molecule has 6 nitrogen and oxygen atoms in total.